The lowest BCUT2D eigenvalue weighted by Crippen LogP contribution is -2.53. The van der Waals surface area contributed by atoms with Crippen molar-refractivity contribution in [3.63, 3.8) is 0 Å². The summed E-state index contributed by atoms with van der Waals surface area (Å²) in [5.74, 6) is -4.25. The molecule has 0 aromatic heterocycles. The Morgan fingerprint density at radius 2 is 1.92 bits per heavy atom. The predicted molar refractivity (Wildman–Crippen MR) is 84.4 cm³/mol. The average molecular weight is 333 g/mol. The molecule has 0 aliphatic heterocycles. The van der Waals surface area contributed by atoms with Crippen molar-refractivity contribution in [2.75, 3.05) is 0 Å². The van der Waals surface area contributed by atoms with Crippen molar-refractivity contribution in [1.29, 1.82) is 0 Å². The van der Waals surface area contributed by atoms with Crippen molar-refractivity contribution in [2.24, 2.45) is 11.8 Å². The number of nitro benzene ring substituents is 1. The number of Topliss-reactive ketones (excluding diaryl/α,β-unsaturated/α-hetero) is 3. The second kappa shape index (κ2) is 6.24. The molecule has 1 aromatic carbocycles. The first-order valence-corrected chi connectivity index (χ1v) is 7.56. The van der Waals surface area contributed by atoms with E-state index in [2.05, 4.69) is 0 Å². The van der Waals surface area contributed by atoms with Crippen LogP contribution < -0.4 is 0 Å². The Morgan fingerprint density at radius 3 is 2.42 bits per heavy atom. The van der Waals surface area contributed by atoms with Crippen LogP contribution in [0.5, 0.6) is 0 Å². The quantitative estimate of drug-likeness (QED) is 0.510. The van der Waals surface area contributed by atoms with E-state index in [1.807, 2.05) is 0 Å². The Hall–Kier alpha value is -2.41. The minimum atomic E-state index is -1.61. The van der Waals surface area contributed by atoms with E-state index in [4.69, 9.17) is 0 Å². The highest BCUT2D eigenvalue weighted by Crippen LogP contribution is 2.46. The number of carbonyl (C=O) groups excluding carboxylic acids is 3. The van der Waals surface area contributed by atoms with Crippen LogP contribution in [-0.2, 0) is 14.4 Å². The number of rotatable bonds is 4. The van der Waals surface area contributed by atoms with Crippen LogP contribution in [0.2, 0.25) is 0 Å². The van der Waals surface area contributed by atoms with Crippen LogP contribution in [0, 0.1) is 22.0 Å². The van der Waals surface area contributed by atoms with Gasteiger partial charge in [-0.2, -0.15) is 0 Å². The maximum Gasteiger partial charge on any atom is 0.269 e. The zero-order valence-corrected chi connectivity index (χ0v) is 13.7. The van der Waals surface area contributed by atoms with Crippen molar-refractivity contribution in [3.05, 3.63) is 39.9 Å². The highest BCUT2D eigenvalue weighted by molar-refractivity contribution is 6.05. The zero-order chi connectivity index (χ0) is 18.2. The minimum Gasteiger partial charge on any atom is -0.389 e. The van der Waals surface area contributed by atoms with E-state index in [-0.39, 0.29) is 17.9 Å². The van der Waals surface area contributed by atoms with Crippen LogP contribution in [0.15, 0.2) is 24.3 Å². The second-order valence-corrected chi connectivity index (χ2v) is 6.55. The molecule has 1 aliphatic carbocycles. The van der Waals surface area contributed by atoms with Gasteiger partial charge in [0.05, 0.1) is 22.4 Å². The summed E-state index contributed by atoms with van der Waals surface area (Å²) in [5.41, 5.74) is -1.47. The number of ketones is 3. The smallest absolute Gasteiger partial charge is 0.269 e. The van der Waals surface area contributed by atoms with Gasteiger partial charge in [0.2, 0.25) is 0 Å². The summed E-state index contributed by atoms with van der Waals surface area (Å²) in [6.07, 6.45) is -0.299. The van der Waals surface area contributed by atoms with Gasteiger partial charge in [-0.25, -0.2) is 0 Å². The summed E-state index contributed by atoms with van der Waals surface area (Å²) < 4.78 is 0. The molecule has 0 bridgehead atoms. The second-order valence-electron chi connectivity index (χ2n) is 6.55. The van der Waals surface area contributed by atoms with Crippen molar-refractivity contribution in [1.82, 2.24) is 0 Å². The summed E-state index contributed by atoms with van der Waals surface area (Å²) in [6.45, 7) is 3.93. The molecule has 0 radical (unpaired) electrons. The Labute approximate surface area is 138 Å². The lowest BCUT2D eigenvalue weighted by atomic mass is 9.60. The lowest BCUT2D eigenvalue weighted by molar-refractivity contribution is -0.385. The van der Waals surface area contributed by atoms with Gasteiger partial charge in [-0.3, -0.25) is 24.5 Å². The van der Waals surface area contributed by atoms with E-state index >= 15 is 0 Å². The Bertz CT molecular complexity index is 724. The number of nitrogens with zero attached hydrogens (tertiary/aromatic N) is 1. The third kappa shape index (κ3) is 3.12. The first kappa shape index (κ1) is 17.9. The van der Waals surface area contributed by atoms with Gasteiger partial charge in [0.25, 0.3) is 5.69 Å². The molecule has 0 heterocycles. The van der Waals surface area contributed by atoms with Crippen molar-refractivity contribution >= 4 is 23.0 Å². The summed E-state index contributed by atoms with van der Waals surface area (Å²) >= 11 is 0. The molecule has 0 saturated heterocycles. The first-order chi connectivity index (χ1) is 11.1. The minimum absolute atomic E-state index is 0.199. The van der Waals surface area contributed by atoms with Gasteiger partial charge in [0, 0.05) is 24.5 Å². The van der Waals surface area contributed by atoms with E-state index in [1.165, 1.54) is 45.0 Å². The van der Waals surface area contributed by atoms with Crippen molar-refractivity contribution in [2.45, 2.75) is 38.7 Å². The standard InChI is InChI=1S/C17H19NO6/c1-9(19)14-13(21)8-17(3,22)16(10(2)20)15(14)11-5-4-6-12(7-11)18(23)24/h4-7,14-16,22H,8H2,1-3H3/t14-,15-,16-,17-/m1/s1. The molecule has 1 saturated carbocycles. The molecular formula is C17H19NO6. The van der Waals surface area contributed by atoms with Crippen LogP contribution in [0.1, 0.15) is 38.7 Å². The van der Waals surface area contributed by atoms with Crippen molar-refractivity contribution in [3.8, 4) is 0 Å². The maximum atomic E-state index is 12.4. The molecule has 1 aromatic rings. The number of hydrogen-bond acceptors (Lipinski definition) is 6. The van der Waals surface area contributed by atoms with E-state index in [0.29, 0.717) is 5.56 Å². The monoisotopic (exact) mass is 333 g/mol. The fourth-order valence-corrected chi connectivity index (χ4v) is 3.75. The average Bonchev–Trinajstić information content (AvgIpc) is 2.44. The Balaban J connectivity index is 2.67. The summed E-state index contributed by atoms with van der Waals surface area (Å²) in [7, 11) is 0. The van der Waals surface area contributed by atoms with Crippen LogP contribution in [0.25, 0.3) is 0 Å². The summed E-state index contributed by atoms with van der Waals surface area (Å²) in [6, 6.07) is 5.52. The first-order valence-electron chi connectivity index (χ1n) is 7.56. The van der Waals surface area contributed by atoms with Gasteiger partial charge in [-0.15, -0.1) is 0 Å². The van der Waals surface area contributed by atoms with E-state index in [9.17, 15) is 29.6 Å². The predicted octanol–water partition coefficient (Wildman–Crippen LogP) is 1.81. The van der Waals surface area contributed by atoms with E-state index in [1.54, 1.807) is 0 Å². The zero-order valence-electron chi connectivity index (χ0n) is 13.7. The lowest BCUT2D eigenvalue weighted by Gasteiger charge is -2.44. The third-order valence-corrected chi connectivity index (χ3v) is 4.61. The van der Waals surface area contributed by atoms with Gasteiger partial charge in [-0.05, 0) is 26.3 Å². The van der Waals surface area contributed by atoms with E-state index in [0.717, 1.165) is 0 Å². The normalized spacial score (nSPS) is 30.0. The van der Waals surface area contributed by atoms with Gasteiger partial charge in [-0.1, -0.05) is 12.1 Å². The molecule has 128 valence electrons. The molecule has 2 rings (SSSR count). The molecule has 24 heavy (non-hydrogen) atoms. The van der Waals surface area contributed by atoms with Crippen LogP contribution >= 0.6 is 0 Å². The van der Waals surface area contributed by atoms with Gasteiger partial charge in [0.15, 0.2) is 0 Å². The topological polar surface area (TPSA) is 115 Å². The molecule has 1 aliphatic rings. The summed E-state index contributed by atoms with van der Waals surface area (Å²) in [4.78, 5) is 47.0. The third-order valence-electron chi connectivity index (χ3n) is 4.61. The highest BCUT2D eigenvalue weighted by Gasteiger charge is 2.53. The number of nitro groups is 1. The maximum absolute atomic E-state index is 12.4. The van der Waals surface area contributed by atoms with Crippen LogP contribution in [0.4, 0.5) is 5.69 Å². The van der Waals surface area contributed by atoms with Gasteiger partial charge < -0.3 is 5.11 Å². The van der Waals surface area contributed by atoms with Crippen molar-refractivity contribution < 1.29 is 24.4 Å². The molecule has 7 heteroatoms. The molecule has 0 amide bonds. The van der Waals surface area contributed by atoms with Gasteiger partial charge in [0.1, 0.15) is 17.3 Å². The summed E-state index contributed by atoms with van der Waals surface area (Å²) in [5, 5.41) is 21.6. The number of carbonyl (C=O) groups is 3. The fraction of sp³-hybridized carbons (Fsp3) is 0.471. The number of aliphatic hydroxyl groups is 1. The molecule has 1 fully saturated rings. The van der Waals surface area contributed by atoms with Crippen LogP contribution in [-0.4, -0.2) is 33.0 Å². The SMILES string of the molecule is CC(=O)[C@@H]1C(=O)C[C@@](C)(O)[C@H](C(C)=O)[C@@H]1c1cccc([N+](=O)[O-])c1. The Morgan fingerprint density at radius 1 is 1.29 bits per heavy atom. The largest absolute Gasteiger partial charge is 0.389 e. The molecule has 7 nitrogen and oxygen atoms in total. The fourth-order valence-electron chi connectivity index (χ4n) is 3.75. The molecular weight excluding hydrogens is 314 g/mol. The van der Waals surface area contributed by atoms with E-state index < -0.39 is 39.8 Å². The number of hydrogen-bond donors (Lipinski definition) is 1. The number of benzene rings is 1. The number of non-ortho nitro benzene ring substituents is 1. The molecule has 0 unspecified atom stereocenters. The van der Waals surface area contributed by atoms with Gasteiger partial charge >= 0.3 is 0 Å². The molecule has 4 atom stereocenters. The highest BCUT2D eigenvalue weighted by atomic mass is 16.6. The molecule has 1 N–H and O–H groups in total. The Kier molecular flexibility index (Phi) is 4.66. The van der Waals surface area contributed by atoms with Crippen LogP contribution in [0.3, 0.4) is 0 Å². The molecule has 0 spiro atoms.